The minimum atomic E-state index is -0.999. The fraction of sp³-hybridized carbons (Fsp3) is 0.375. The number of carbonyl (C=O) groups is 1. The second kappa shape index (κ2) is 7.39. The normalized spacial score (nSPS) is 17.0. The standard InChI is InChI=1S/C16H16F2N2O4/c17-13-2-1-11(5-14(13)18)23-9-12-6-15(20-24-12)16(21)19-7-10-3-4-22-8-10/h1-2,5-6,10H,3-4,7-9H2,(H,19,21)/t10-/m0/s1. The summed E-state index contributed by atoms with van der Waals surface area (Å²) in [5.74, 6) is -1.52. The molecule has 1 saturated heterocycles. The van der Waals surface area contributed by atoms with Gasteiger partial charge in [-0.15, -0.1) is 0 Å². The van der Waals surface area contributed by atoms with Crippen molar-refractivity contribution >= 4 is 5.91 Å². The first-order valence-electron chi connectivity index (χ1n) is 7.51. The largest absolute Gasteiger partial charge is 0.485 e. The monoisotopic (exact) mass is 338 g/mol. The first-order chi connectivity index (χ1) is 11.6. The van der Waals surface area contributed by atoms with Crippen molar-refractivity contribution in [3.8, 4) is 5.75 Å². The maximum absolute atomic E-state index is 13.1. The molecule has 8 heteroatoms. The van der Waals surface area contributed by atoms with Gasteiger partial charge in [0.05, 0.1) is 6.61 Å². The fourth-order valence-corrected chi connectivity index (χ4v) is 2.28. The Hall–Kier alpha value is -2.48. The van der Waals surface area contributed by atoms with Gasteiger partial charge in [-0.25, -0.2) is 8.78 Å². The van der Waals surface area contributed by atoms with E-state index in [4.69, 9.17) is 14.0 Å². The zero-order chi connectivity index (χ0) is 16.9. The first kappa shape index (κ1) is 16.4. The van der Waals surface area contributed by atoms with Gasteiger partial charge < -0.3 is 19.3 Å². The Balaban J connectivity index is 1.50. The Bertz CT molecular complexity index is 714. The van der Waals surface area contributed by atoms with Crippen LogP contribution in [0.1, 0.15) is 22.7 Å². The maximum Gasteiger partial charge on any atom is 0.273 e. The molecule has 0 saturated carbocycles. The molecule has 1 N–H and O–H groups in total. The van der Waals surface area contributed by atoms with Crippen molar-refractivity contribution in [3.05, 3.63) is 47.4 Å². The molecule has 1 aromatic heterocycles. The van der Waals surface area contributed by atoms with Crippen LogP contribution in [0.5, 0.6) is 5.75 Å². The van der Waals surface area contributed by atoms with Crippen LogP contribution in [0.3, 0.4) is 0 Å². The average Bonchev–Trinajstić information content (AvgIpc) is 3.25. The third-order valence-electron chi connectivity index (χ3n) is 3.64. The van der Waals surface area contributed by atoms with Crippen molar-refractivity contribution in [2.24, 2.45) is 5.92 Å². The minimum Gasteiger partial charge on any atom is -0.485 e. The molecule has 0 radical (unpaired) electrons. The van der Waals surface area contributed by atoms with Crippen LogP contribution in [0.25, 0.3) is 0 Å². The Kier molecular flexibility index (Phi) is 5.05. The summed E-state index contributed by atoms with van der Waals surface area (Å²) >= 11 is 0. The van der Waals surface area contributed by atoms with Crippen molar-refractivity contribution in [1.82, 2.24) is 10.5 Å². The molecule has 3 rings (SSSR count). The summed E-state index contributed by atoms with van der Waals surface area (Å²) in [4.78, 5) is 12.0. The zero-order valence-corrected chi connectivity index (χ0v) is 12.8. The molecule has 0 aliphatic carbocycles. The van der Waals surface area contributed by atoms with E-state index in [2.05, 4.69) is 10.5 Å². The van der Waals surface area contributed by atoms with Crippen LogP contribution < -0.4 is 10.1 Å². The summed E-state index contributed by atoms with van der Waals surface area (Å²) in [5, 5.41) is 6.44. The molecular weight excluding hydrogens is 322 g/mol. The number of halogens is 2. The summed E-state index contributed by atoms with van der Waals surface area (Å²) in [6.45, 7) is 1.83. The minimum absolute atomic E-state index is 0.0538. The molecular formula is C16H16F2N2O4. The van der Waals surface area contributed by atoms with Crippen molar-refractivity contribution in [2.75, 3.05) is 19.8 Å². The summed E-state index contributed by atoms with van der Waals surface area (Å²) in [6.07, 6.45) is 0.923. The topological polar surface area (TPSA) is 73.6 Å². The van der Waals surface area contributed by atoms with Gasteiger partial charge in [0, 0.05) is 31.2 Å². The van der Waals surface area contributed by atoms with E-state index in [1.165, 1.54) is 12.1 Å². The highest BCUT2D eigenvalue weighted by Gasteiger charge is 2.18. The fourth-order valence-electron chi connectivity index (χ4n) is 2.28. The molecule has 1 aliphatic rings. The number of hydrogen-bond donors (Lipinski definition) is 1. The van der Waals surface area contributed by atoms with Crippen molar-refractivity contribution in [2.45, 2.75) is 13.0 Å². The Labute approximate surface area is 136 Å². The van der Waals surface area contributed by atoms with Crippen LogP contribution in [0, 0.1) is 17.6 Å². The average molecular weight is 338 g/mol. The predicted molar refractivity (Wildman–Crippen MR) is 78.5 cm³/mol. The van der Waals surface area contributed by atoms with Crippen LogP contribution in [-0.4, -0.2) is 30.8 Å². The van der Waals surface area contributed by atoms with Gasteiger partial charge in [0.2, 0.25) is 0 Å². The molecule has 2 aromatic rings. The van der Waals surface area contributed by atoms with Gasteiger partial charge in [0.1, 0.15) is 12.4 Å². The van der Waals surface area contributed by atoms with Gasteiger partial charge in [-0.3, -0.25) is 4.79 Å². The van der Waals surface area contributed by atoms with E-state index >= 15 is 0 Å². The van der Waals surface area contributed by atoms with E-state index in [9.17, 15) is 13.6 Å². The summed E-state index contributed by atoms with van der Waals surface area (Å²) in [7, 11) is 0. The molecule has 0 unspecified atom stereocenters. The zero-order valence-electron chi connectivity index (χ0n) is 12.8. The van der Waals surface area contributed by atoms with E-state index in [1.807, 2.05) is 0 Å². The van der Waals surface area contributed by atoms with Crippen LogP contribution in [0.15, 0.2) is 28.8 Å². The lowest BCUT2D eigenvalue weighted by Gasteiger charge is -2.07. The highest BCUT2D eigenvalue weighted by molar-refractivity contribution is 5.92. The molecule has 1 amide bonds. The molecule has 128 valence electrons. The number of aromatic nitrogens is 1. The number of ether oxygens (including phenoxy) is 2. The molecule has 1 atom stereocenters. The van der Waals surface area contributed by atoms with E-state index in [0.29, 0.717) is 24.8 Å². The second-order valence-electron chi connectivity index (χ2n) is 5.48. The third kappa shape index (κ3) is 4.08. The number of benzene rings is 1. The van der Waals surface area contributed by atoms with Crippen LogP contribution in [0.2, 0.25) is 0 Å². The van der Waals surface area contributed by atoms with Crippen molar-refractivity contribution in [3.63, 3.8) is 0 Å². The van der Waals surface area contributed by atoms with Gasteiger partial charge in [0.25, 0.3) is 5.91 Å². The van der Waals surface area contributed by atoms with E-state index in [-0.39, 0.29) is 24.0 Å². The quantitative estimate of drug-likeness (QED) is 0.875. The highest BCUT2D eigenvalue weighted by atomic mass is 19.2. The third-order valence-corrected chi connectivity index (χ3v) is 3.64. The number of nitrogens with one attached hydrogen (secondary N) is 1. The summed E-state index contributed by atoms with van der Waals surface area (Å²) < 4.78 is 41.4. The van der Waals surface area contributed by atoms with Gasteiger partial charge in [-0.1, -0.05) is 5.16 Å². The van der Waals surface area contributed by atoms with Crippen LogP contribution in [-0.2, 0) is 11.3 Å². The number of nitrogens with zero attached hydrogens (tertiary/aromatic N) is 1. The van der Waals surface area contributed by atoms with Crippen molar-refractivity contribution < 1.29 is 27.6 Å². The Morgan fingerprint density at radius 1 is 1.33 bits per heavy atom. The SMILES string of the molecule is O=C(NC[C@@H]1CCOC1)c1cc(COc2ccc(F)c(F)c2)on1. The molecule has 1 aromatic carbocycles. The Morgan fingerprint density at radius 2 is 2.21 bits per heavy atom. The van der Waals surface area contributed by atoms with Gasteiger partial charge >= 0.3 is 0 Å². The van der Waals surface area contributed by atoms with Crippen LogP contribution >= 0.6 is 0 Å². The lowest BCUT2D eigenvalue weighted by Crippen LogP contribution is -2.29. The smallest absolute Gasteiger partial charge is 0.273 e. The molecule has 1 fully saturated rings. The van der Waals surface area contributed by atoms with E-state index in [0.717, 1.165) is 25.2 Å². The van der Waals surface area contributed by atoms with Gasteiger partial charge in [-0.2, -0.15) is 0 Å². The van der Waals surface area contributed by atoms with E-state index in [1.54, 1.807) is 0 Å². The molecule has 1 aliphatic heterocycles. The van der Waals surface area contributed by atoms with Gasteiger partial charge in [-0.05, 0) is 18.6 Å². The summed E-state index contributed by atoms with van der Waals surface area (Å²) in [6, 6.07) is 4.64. The predicted octanol–water partition coefficient (Wildman–Crippen LogP) is 2.30. The first-order valence-corrected chi connectivity index (χ1v) is 7.51. The molecule has 0 spiro atoms. The highest BCUT2D eigenvalue weighted by Crippen LogP contribution is 2.17. The number of rotatable bonds is 6. The number of carbonyl (C=O) groups excluding carboxylic acids is 1. The lowest BCUT2D eigenvalue weighted by atomic mass is 10.1. The number of hydrogen-bond acceptors (Lipinski definition) is 5. The second-order valence-corrected chi connectivity index (χ2v) is 5.48. The number of amides is 1. The molecule has 24 heavy (non-hydrogen) atoms. The molecule has 2 heterocycles. The van der Waals surface area contributed by atoms with Crippen molar-refractivity contribution in [1.29, 1.82) is 0 Å². The van der Waals surface area contributed by atoms with E-state index < -0.39 is 11.6 Å². The maximum atomic E-state index is 13.1. The summed E-state index contributed by atoms with van der Waals surface area (Å²) in [5.41, 5.74) is 0.137. The van der Waals surface area contributed by atoms with Gasteiger partial charge in [0.15, 0.2) is 23.1 Å². The Morgan fingerprint density at radius 3 is 2.96 bits per heavy atom. The van der Waals surface area contributed by atoms with Crippen LogP contribution in [0.4, 0.5) is 8.78 Å². The lowest BCUT2D eigenvalue weighted by molar-refractivity contribution is 0.0935. The molecule has 6 nitrogen and oxygen atoms in total. The molecule has 0 bridgehead atoms.